The second-order valence-electron chi connectivity index (χ2n) is 6.02. The van der Waals surface area contributed by atoms with Gasteiger partial charge in [-0.1, -0.05) is 12.1 Å². The minimum atomic E-state index is -0.374. The molecular formula is C17H21FN4O. The summed E-state index contributed by atoms with van der Waals surface area (Å²) in [6.07, 6.45) is 4.58. The third kappa shape index (κ3) is 3.12. The maximum absolute atomic E-state index is 13.8. The van der Waals surface area contributed by atoms with E-state index in [4.69, 9.17) is 5.73 Å². The number of carbonyl (C=O) groups excluding carboxylic acids is 1. The van der Waals surface area contributed by atoms with Crippen LogP contribution in [0.1, 0.15) is 36.7 Å². The number of carbonyl (C=O) groups is 1. The van der Waals surface area contributed by atoms with Gasteiger partial charge in [0.1, 0.15) is 11.5 Å². The summed E-state index contributed by atoms with van der Waals surface area (Å²) in [6.45, 7) is 2.62. The van der Waals surface area contributed by atoms with Crippen molar-refractivity contribution in [2.45, 2.75) is 38.3 Å². The van der Waals surface area contributed by atoms with E-state index in [0.29, 0.717) is 17.9 Å². The Morgan fingerprint density at radius 1 is 1.35 bits per heavy atom. The first-order valence-electron chi connectivity index (χ1n) is 7.95. The maximum atomic E-state index is 13.8. The maximum Gasteiger partial charge on any atom is 0.274 e. The second-order valence-corrected chi connectivity index (χ2v) is 6.02. The first-order valence-corrected chi connectivity index (χ1v) is 7.95. The fourth-order valence-corrected chi connectivity index (χ4v) is 3.11. The molecule has 0 aliphatic carbocycles. The van der Waals surface area contributed by atoms with E-state index in [1.54, 1.807) is 30.5 Å². The summed E-state index contributed by atoms with van der Waals surface area (Å²) in [5.74, 6) is -0.511. The van der Waals surface area contributed by atoms with Crippen molar-refractivity contribution in [2.75, 3.05) is 6.54 Å². The molecule has 1 aromatic carbocycles. The van der Waals surface area contributed by atoms with Gasteiger partial charge in [-0.25, -0.2) is 9.07 Å². The number of para-hydroxylation sites is 1. The van der Waals surface area contributed by atoms with Gasteiger partial charge in [-0.3, -0.25) is 4.79 Å². The molecule has 1 aromatic heterocycles. The molecule has 122 valence electrons. The minimum absolute atomic E-state index is 0.0369. The lowest BCUT2D eigenvalue weighted by Gasteiger charge is -2.37. The molecule has 1 aliphatic heterocycles. The quantitative estimate of drug-likeness (QED) is 0.945. The number of nitrogens with two attached hydrogens (primary N) is 1. The second kappa shape index (κ2) is 6.50. The molecule has 1 amide bonds. The number of hydrogen-bond donors (Lipinski definition) is 1. The van der Waals surface area contributed by atoms with Crippen LogP contribution < -0.4 is 5.73 Å². The van der Waals surface area contributed by atoms with E-state index in [-0.39, 0.29) is 23.8 Å². The van der Waals surface area contributed by atoms with Crippen LogP contribution in [-0.2, 0) is 0 Å². The van der Waals surface area contributed by atoms with Crippen LogP contribution >= 0.6 is 0 Å². The van der Waals surface area contributed by atoms with Gasteiger partial charge in [0.05, 0.1) is 0 Å². The van der Waals surface area contributed by atoms with Gasteiger partial charge in [0.25, 0.3) is 5.91 Å². The average Bonchev–Trinajstić information content (AvgIpc) is 3.04. The zero-order valence-electron chi connectivity index (χ0n) is 13.2. The summed E-state index contributed by atoms with van der Waals surface area (Å²) in [6, 6.07) is 7.94. The van der Waals surface area contributed by atoms with E-state index in [1.807, 2.05) is 11.8 Å². The van der Waals surface area contributed by atoms with Crippen LogP contribution in [0, 0.1) is 5.82 Å². The lowest BCUT2D eigenvalue weighted by molar-refractivity contribution is 0.0577. The summed E-state index contributed by atoms with van der Waals surface area (Å²) < 4.78 is 15.2. The van der Waals surface area contributed by atoms with Gasteiger partial charge in [-0.15, -0.1) is 0 Å². The van der Waals surface area contributed by atoms with Crippen molar-refractivity contribution in [3.63, 3.8) is 0 Å². The summed E-state index contributed by atoms with van der Waals surface area (Å²) in [4.78, 5) is 14.6. The van der Waals surface area contributed by atoms with Gasteiger partial charge in [-0.05, 0) is 44.4 Å². The highest BCUT2D eigenvalue weighted by atomic mass is 19.1. The van der Waals surface area contributed by atoms with Crippen LogP contribution in [0.5, 0.6) is 0 Å². The third-order valence-electron chi connectivity index (χ3n) is 4.32. The van der Waals surface area contributed by atoms with Crippen LogP contribution in [0.2, 0.25) is 0 Å². The Labute approximate surface area is 134 Å². The topological polar surface area (TPSA) is 64.2 Å². The monoisotopic (exact) mass is 316 g/mol. The Kier molecular flexibility index (Phi) is 4.43. The molecule has 0 spiro atoms. The van der Waals surface area contributed by atoms with Gasteiger partial charge in [0.15, 0.2) is 5.69 Å². The lowest BCUT2D eigenvalue weighted by atomic mass is 9.96. The number of piperidine rings is 1. The Bertz CT molecular complexity index is 697. The van der Waals surface area contributed by atoms with Crippen LogP contribution in [0.25, 0.3) is 5.69 Å². The van der Waals surface area contributed by atoms with Crippen molar-refractivity contribution in [1.82, 2.24) is 14.7 Å². The SMILES string of the molecule is CC(N)C1CCCCN1C(=O)c1ccn(-c2ccccc2F)n1. The number of halogens is 1. The first kappa shape index (κ1) is 15.7. The third-order valence-corrected chi connectivity index (χ3v) is 4.32. The van der Waals surface area contributed by atoms with Crippen LogP contribution in [0.3, 0.4) is 0 Å². The Morgan fingerprint density at radius 3 is 2.87 bits per heavy atom. The van der Waals surface area contributed by atoms with E-state index >= 15 is 0 Å². The minimum Gasteiger partial charge on any atom is -0.333 e. The van der Waals surface area contributed by atoms with E-state index in [0.717, 1.165) is 19.3 Å². The Morgan fingerprint density at radius 2 is 2.13 bits per heavy atom. The number of aromatic nitrogens is 2. The molecule has 3 rings (SSSR count). The van der Waals surface area contributed by atoms with Gasteiger partial charge in [-0.2, -0.15) is 5.10 Å². The van der Waals surface area contributed by atoms with Crippen LogP contribution in [0.15, 0.2) is 36.5 Å². The lowest BCUT2D eigenvalue weighted by Crippen LogP contribution is -2.51. The number of amides is 1. The molecular weight excluding hydrogens is 295 g/mol. The molecule has 23 heavy (non-hydrogen) atoms. The predicted octanol–water partition coefficient (Wildman–Crippen LogP) is 2.35. The fourth-order valence-electron chi connectivity index (χ4n) is 3.11. The van der Waals surface area contributed by atoms with E-state index < -0.39 is 0 Å². The average molecular weight is 316 g/mol. The van der Waals surface area contributed by atoms with Gasteiger partial charge in [0, 0.05) is 24.8 Å². The molecule has 6 heteroatoms. The number of benzene rings is 1. The molecule has 1 fully saturated rings. The first-order chi connectivity index (χ1) is 11.1. The molecule has 1 aliphatic rings. The summed E-state index contributed by atoms with van der Waals surface area (Å²) in [7, 11) is 0. The standard InChI is InChI=1S/C17H21FN4O/c1-12(19)15-7-4-5-10-21(15)17(23)14-9-11-22(20-14)16-8-3-2-6-13(16)18/h2-3,6,8-9,11-12,15H,4-5,7,10,19H2,1H3. The van der Waals surface area contributed by atoms with E-state index in [2.05, 4.69) is 5.10 Å². The van der Waals surface area contributed by atoms with Crippen molar-refractivity contribution >= 4 is 5.91 Å². The van der Waals surface area contributed by atoms with Crippen molar-refractivity contribution in [3.05, 3.63) is 48.0 Å². The molecule has 2 heterocycles. The molecule has 0 bridgehead atoms. The molecule has 5 nitrogen and oxygen atoms in total. The Balaban J connectivity index is 1.85. The number of rotatable bonds is 3. The van der Waals surface area contributed by atoms with Crippen molar-refractivity contribution in [1.29, 1.82) is 0 Å². The molecule has 1 saturated heterocycles. The smallest absolute Gasteiger partial charge is 0.274 e. The zero-order valence-corrected chi connectivity index (χ0v) is 13.2. The summed E-state index contributed by atoms with van der Waals surface area (Å²) in [5.41, 5.74) is 6.67. The highest BCUT2D eigenvalue weighted by Crippen LogP contribution is 2.21. The molecule has 2 unspecified atom stereocenters. The number of nitrogens with zero attached hydrogens (tertiary/aromatic N) is 3. The van der Waals surface area contributed by atoms with E-state index in [9.17, 15) is 9.18 Å². The van der Waals surface area contributed by atoms with Gasteiger partial charge in [0.2, 0.25) is 0 Å². The van der Waals surface area contributed by atoms with Gasteiger partial charge < -0.3 is 10.6 Å². The van der Waals surface area contributed by atoms with Crippen molar-refractivity contribution in [2.24, 2.45) is 5.73 Å². The molecule has 2 aromatic rings. The molecule has 0 saturated carbocycles. The number of likely N-dealkylation sites (tertiary alicyclic amines) is 1. The zero-order chi connectivity index (χ0) is 16.4. The summed E-state index contributed by atoms with van der Waals surface area (Å²) in [5, 5.41) is 4.25. The highest BCUT2D eigenvalue weighted by Gasteiger charge is 2.30. The van der Waals surface area contributed by atoms with E-state index in [1.165, 1.54) is 10.7 Å². The largest absolute Gasteiger partial charge is 0.333 e. The normalized spacial score (nSPS) is 19.6. The highest BCUT2D eigenvalue weighted by molar-refractivity contribution is 5.92. The number of hydrogen-bond acceptors (Lipinski definition) is 3. The molecule has 2 atom stereocenters. The Hall–Kier alpha value is -2.21. The molecule has 0 radical (unpaired) electrons. The fraction of sp³-hybridized carbons (Fsp3) is 0.412. The molecule has 2 N–H and O–H groups in total. The van der Waals surface area contributed by atoms with Crippen LogP contribution in [0.4, 0.5) is 4.39 Å². The van der Waals surface area contributed by atoms with Gasteiger partial charge >= 0.3 is 0 Å². The van der Waals surface area contributed by atoms with Crippen LogP contribution in [-0.4, -0.2) is 39.2 Å². The predicted molar refractivity (Wildman–Crippen MR) is 85.8 cm³/mol. The van der Waals surface area contributed by atoms with Crippen molar-refractivity contribution in [3.8, 4) is 5.69 Å². The summed E-state index contributed by atoms with van der Waals surface area (Å²) >= 11 is 0. The van der Waals surface area contributed by atoms with Crippen molar-refractivity contribution < 1.29 is 9.18 Å².